The lowest BCUT2D eigenvalue weighted by molar-refractivity contribution is 0.101. The van der Waals surface area contributed by atoms with Crippen LogP contribution in [0.2, 0.25) is 0 Å². The van der Waals surface area contributed by atoms with Crippen LogP contribution in [0.25, 0.3) is 10.9 Å². The molecule has 0 atom stereocenters. The molecule has 1 aromatic heterocycles. The molecule has 0 saturated heterocycles. The quantitative estimate of drug-likeness (QED) is 0.626. The predicted molar refractivity (Wildman–Crippen MR) is 66.7 cm³/mol. The first-order valence-electron chi connectivity index (χ1n) is 4.35. The number of Topliss-reactive ketones (excluding diaryl/α,β-unsaturated/α-hetero) is 1. The van der Waals surface area contributed by atoms with E-state index in [1.54, 1.807) is 4.68 Å². The highest BCUT2D eigenvalue weighted by Gasteiger charge is 2.20. The maximum absolute atomic E-state index is 11.8. The Labute approximate surface area is 104 Å². The highest BCUT2D eigenvalue weighted by Crippen LogP contribution is 2.22. The molecule has 0 saturated carbocycles. The zero-order chi connectivity index (χ0) is 11.0. The number of benzene rings is 1. The van der Waals surface area contributed by atoms with Crippen LogP contribution in [0.15, 0.2) is 24.3 Å². The lowest BCUT2D eigenvalue weighted by Gasteiger charge is -1.96. The number of aromatic nitrogens is 2. The summed E-state index contributed by atoms with van der Waals surface area (Å²) in [4.78, 5) is 11.8. The first-order chi connectivity index (χ1) is 7.11. The number of aryl methyl sites for hydroxylation is 1. The number of fused-ring (bicyclic) bond motifs is 1. The molecule has 15 heavy (non-hydrogen) atoms. The van der Waals surface area contributed by atoms with Crippen LogP contribution in [0, 0.1) is 0 Å². The van der Waals surface area contributed by atoms with Crippen molar-refractivity contribution in [2.24, 2.45) is 7.05 Å². The van der Waals surface area contributed by atoms with Gasteiger partial charge in [-0.3, -0.25) is 9.48 Å². The van der Waals surface area contributed by atoms with Crippen molar-refractivity contribution in [2.75, 3.05) is 0 Å². The summed E-state index contributed by atoms with van der Waals surface area (Å²) in [5, 5.41) is 5.10. The van der Waals surface area contributed by atoms with Gasteiger partial charge >= 0.3 is 0 Å². The molecule has 78 valence electrons. The van der Waals surface area contributed by atoms with Crippen LogP contribution < -0.4 is 0 Å². The number of rotatable bonds is 2. The summed E-state index contributed by atoms with van der Waals surface area (Å²) < 4.78 is 1.33. The van der Waals surface area contributed by atoms with Gasteiger partial charge in [0.2, 0.25) is 5.78 Å². The lowest BCUT2D eigenvalue weighted by atomic mass is 10.2. The molecule has 0 aliphatic rings. The fourth-order valence-electron chi connectivity index (χ4n) is 1.50. The second-order valence-corrected chi connectivity index (χ2v) is 6.21. The van der Waals surface area contributed by atoms with E-state index in [0.717, 1.165) is 10.9 Å². The number of alkyl halides is 2. The molecular formula is C10H8Br2N2O. The molecule has 2 aromatic rings. The van der Waals surface area contributed by atoms with E-state index in [0.29, 0.717) is 5.69 Å². The Morgan fingerprint density at radius 2 is 2.07 bits per heavy atom. The van der Waals surface area contributed by atoms with E-state index in [4.69, 9.17) is 0 Å². The number of para-hydroxylation sites is 1. The second kappa shape index (κ2) is 4.06. The molecule has 0 N–H and O–H groups in total. The van der Waals surface area contributed by atoms with Gasteiger partial charge in [-0.25, -0.2) is 0 Å². The first kappa shape index (κ1) is 10.8. The number of hydrogen-bond donors (Lipinski definition) is 0. The van der Waals surface area contributed by atoms with E-state index < -0.39 is 0 Å². The van der Waals surface area contributed by atoms with Crippen molar-refractivity contribution in [3.8, 4) is 0 Å². The Balaban J connectivity index is 2.67. The van der Waals surface area contributed by atoms with Crippen molar-refractivity contribution in [1.82, 2.24) is 9.78 Å². The highest BCUT2D eigenvalue weighted by molar-refractivity contribution is 9.25. The molecule has 0 aliphatic heterocycles. The minimum Gasteiger partial charge on any atom is -0.290 e. The summed E-state index contributed by atoms with van der Waals surface area (Å²) in [6.45, 7) is 0. The van der Waals surface area contributed by atoms with Crippen LogP contribution in [0.3, 0.4) is 0 Å². The maximum Gasteiger partial charge on any atom is 0.207 e. The molecule has 0 amide bonds. The van der Waals surface area contributed by atoms with Crippen LogP contribution in [0.1, 0.15) is 10.5 Å². The van der Waals surface area contributed by atoms with Gasteiger partial charge in [0.15, 0.2) is 0 Å². The van der Waals surface area contributed by atoms with Crippen LogP contribution in [0.4, 0.5) is 0 Å². The summed E-state index contributed by atoms with van der Waals surface area (Å²) >= 11 is 6.38. The topological polar surface area (TPSA) is 34.9 Å². The molecule has 0 radical (unpaired) electrons. The number of ketones is 1. The molecule has 3 nitrogen and oxygen atoms in total. The monoisotopic (exact) mass is 330 g/mol. The Kier molecular flexibility index (Phi) is 2.93. The minimum atomic E-state index is -0.386. The van der Waals surface area contributed by atoms with E-state index in [9.17, 15) is 4.79 Å². The van der Waals surface area contributed by atoms with Crippen molar-refractivity contribution in [2.45, 2.75) is 3.74 Å². The standard InChI is InChI=1S/C10H8Br2N2O/c1-14-7-5-3-2-4-6(7)8(13-14)9(15)10(11)12/h2-5,10H,1H3. The van der Waals surface area contributed by atoms with E-state index in [2.05, 4.69) is 37.0 Å². The van der Waals surface area contributed by atoms with Crippen molar-refractivity contribution >= 4 is 48.5 Å². The number of carbonyl (C=O) groups is 1. The van der Waals surface area contributed by atoms with Crippen LogP contribution in [-0.2, 0) is 7.05 Å². The zero-order valence-electron chi connectivity index (χ0n) is 7.95. The molecule has 0 aliphatic carbocycles. The number of nitrogens with zero attached hydrogens (tertiary/aromatic N) is 2. The third-order valence-corrected chi connectivity index (χ3v) is 3.02. The highest BCUT2D eigenvalue weighted by atomic mass is 79.9. The Hall–Kier alpha value is -0.680. The normalized spacial score (nSPS) is 11.2. The molecule has 5 heteroatoms. The third-order valence-electron chi connectivity index (χ3n) is 2.19. The van der Waals surface area contributed by atoms with Crippen LogP contribution in [0.5, 0.6) is 0 Å². The van der Waals surface area contributed by atoms with Gasteiger partial charge in [0.05, 0.1) is 5.52 Å². The largest absolute Gasteiger partial charge is 0.290 e. The zero-order valence-corrected chi connectivity index (χ0v) is 11.1. The molecule has 2 rings (SSSR count). The van der Waals surface area contributed by atoms with Crippen molar-refractivity contribution in [1.29, 1.82) is 0 Å². The fraction of sp³-hybridized carbons (Fsp3) is 0.200. The van der Waals surface area contributed by atoms with Gasteiger partial charge < -0.3 is 0 Å². The van der Waals surface area contributed by atoms with Gasteiger partial charge in [0, 0.05) is 12.4 Å². The molecule has 0 unspecified atom stereocenters. The average Bonchev–Trinajstić information content (AvgIpc) is 2.56. The summed E-state index contributed by atoms with van der Waals surface area (Å²) in [5.74, 6) is -0.0631. The molecular weight excluding hydrogens is 324 g/mol. The number of halogens is 2. The molecule has 0 fully saturated rings. The summed E-state index contributed by atoms with van der Waals surface area (Å²) in [7, 11) is 1.83. The van der Waals surface area contributed by atoms with Gasteiger partial charge in [-0.15, -0.1) is 0 Å². The Morgan fingerprint density at radius 3 is 2.73 bits per heavy atom. The van der Waals surface area contributed by atoms with E-state index >= 15 is 0 Å². The van der Waals surface area contributed by atoms with E-state index in [1.807, 2.05) is 31.3 Å². The Morgan fingerprint density at radius 1 is 1.40 bits per heavy atom. The van der Waals surface area contributed by atoms with Crippen LogP contribution in [-0.4, -0.2) is 19.3 Å². The molecule has 1 heterocycles. The van der Waals surface area contributed by atoms with Gasteiger partial charge in [-0.05, 0) is 6.07 Å². The SMILES string of the molecule is Cn1nc(C(=O)C(Br)Br)c2ccccc21. The third kappa shape index (κ3) is 1.86. The average molecular weight is 332 g/mol. The predicted octanol–water partition coefficient (Wildman–Crippen LogP) is 2.87. The van der Waals surface area contributed by atoms with Gasteiger partial charge in [0.25, 0.3) is 0 Å². The Bertz CT molecular complexity index is 519. The van der Waals surface area contributed by atoms with Gasteiger partial charge in [-0.2, -0.15) is 5.10 Å². The lowest BCUT2D eigenvalue weighted by Crippen LogP contribution is -2.08. The summed E-state index contributed by atoms with van der Waals surface area (Å²) in [6.07, 6.45) is 0. The van der Waals surface area contributed by atoms with E-state index in [-0.39, 0.29) is 9.52 Å². The molecule has 0 bridgehead atoms. The molecule has 0 spiro atoms. The van der Waals surface area contributed by atoms with Gasteiger partial charge in [-0.1, -0.05) is 50.1 Å². The number of hydrogen-bond acceptors (Lipinski definition) is 2. The summed E-state index contributed by atoms with van der Waals surface area (Å²) in [5.41, 5.74) is 1.45. The van der Waals surface area contributed by atoms with E-state index in [1.165, 1.54) is 0 Å². The second-order valence-electron chi connectivity index (χ2n) is 3.15. The minimum absolute atomic E-state index is 0.0631. The number of carbonyl (C=O) groups excluding carboxylic acids is 1. The van der Waals surface area contributed by atoms with Crippen molar-refractivity contribution in [3.05, 3.63) is 30.0 Å². The first-order valence-corrected chi connectivity index (χ1v) is 6.18. The van der Waals surface area contributed by atoms with Gasteiger partial charge in [0.1, 0.15) is 9.43 Å². The van der Waals surface area contributed by atoms with Crippen LogP contribution >= 0.6 is 31.9 Å². The smallest absolute Gasteiger partial charge is 0.207 e. The molecule has 1 aromatic carbocycles. The summed E-state index contributed by atoms with van der Waals surface area (Å²) in [6, 6.07) is 7.67. The van der Waals surface area contributed by atoms with Crippen molar-refractivity contribution in [3.63, 3.8) is 0 Å². The van der Waals surface area contributed by atoms with Crippen molar-refractivity contribution < 1.29 is 4.79 Å². The fourth-order valence-corrected chi connectivity index (χ4v) is 1.93. The maximum atomic E-state index is 11.8.